The number of fused-ring (bicyclic) bond motifs is 1. The van der Waals surface area contributed by atoms with Crippen LogP contribution in [0.2, 0.25) is 0 Å². The molecule has 9 nitrogen and oxygen atoms in total. The summed E-state index contributed by atoms with van der Waals surface area (Å²) in [6.07, 6.45) is 3.31. The van der Waals surface area contributed by atoms with Crippen LogP contribution in [0, 0.1) is 0 Å². The van der Waals surface area contributed by atoms with Gasteiger partial charge in [-0.1, -0.05) is 6.07 Å². The van der Waals surface area contributed by atoms with Crippen LogP contribution >= 0.6 is 0 Å². The minimum Gasteiger partial charge on any atom is -0.493 e. The number of hydrogen-bond donors (Lipinski definition) is 2. The van der Waals surface area contributed by atoms with E-state index in [0.717, 1.165) is 12.1 Å². The maximum absolute atomic E-state index is 13.0. The molecule has 0 spiro atoms. The van der Waals surface area contributed by atoms with Gasteiger partial charge in [-0.3, -0.25) is 9.78 Å². The third-order valence-electron chi connectivity index (χ3n) is 5.14. The molecule has 9 heteroatoms. The predicted molar refractivity (Wildman–Crippen MR) is 113 cm³/mol. The van der Waals surface area contributed by atoms with Gasteiger partial charge >= 0.3 is 0 Å². The van der Waals surface area contributed by atoms with Gasteiger partial charge < -0.3 is 25.4 Å². The highest BCUT2D eigenvalue weighted by Gasteiger charge is 2.29. The van der Waals surface area contributed by atoms with Gasteiger partial charge in [0.05, 0.1) is 32.0 Å². The number of amides is 1. The Morgan fingerprint density at radius 1 is 1.20 bits per heavy atom. The van der Waals surface area contributed by atoms with Gasteiger partial charge in [-0.2, -0.15) is 4.98 Å². The van der Waals surface area contributed by atoms with E-state index in [1.165, 1.54) is 0 Å². The molecule has 3 N–H and O–H groups in total. The van der Waals surface area contributed by atoms with Crippen LogP contribution in [0.5, 0.6) is 11.5 Å². The monoisotopic (exact) mass is 408 g/mol. The van der Waals surface area contributed by atoms with Gasteiger partial charge in [0.25, 0.3) is 0 Å². The number of benzene rings is 1. The summed E-state index contributed by atoms with van der Waals surface area (Å²) in [4.78, 5) is 28.0. The molecule has 1 fully saturated rings. The average Bonchev–Trinajstić information content (AvgIpc) is 2.76. The smallest absolute Gasteiger partial charge is 0.245 e. The SMILES string of the molecule is COc1cc2nc(NC3CCCN(Cc4ccccn4)C3=O)nc(N)c2cc1OC. The van der Waals surface area contributed by atoms with E-state index in [1.807, 2.05) is 23.1 Å². The Morgan fingerprint density at radius 3 is 2.73 bits per heavy atom. The van der Waals surface area contributed by atoms with E-state index in [0.29, 0.717) is 53.7 Å². The summed E-state index contributed by atoms with van der Waals surface area (Å²) >= 11 is 0. The van der Waals surface area contributed by atoms with E-state index in [9.17, 15) is 4.79 Å². The molecular formula is C21H24N6O3. The normalized spacial score (nSPS) is 16.5. The Kier molecular flexibility index (Phi) is 5.51. The second-order valence-electron chi connectivity index (χ2n) is 7.08. The molecule has 0 saturated carbocycles. The fourth-order valence-corrected chi connectivity index (χ4v) is 3.62. The summed E-state index contributed by atoms with van der Waals surface area (Å²) in [6.45, 7) is 1.18. The number of hydrogen-bond acceptors (Lipinski definition) is 8. The summed E-state index contributed by atoms with van der Waals surface area (Å²) in [5.41, 5.74) is 7.62. The lowest BCUT2D eigenvalue weighted by molar-refractivity contribution is -0.134. The van der Waals surface area contributed by atoms with E-state index in [1.54, 1.807) is 32.5 Å². The van der Waals surface area contributed by atoms with Crippen molar-refractivity contribution in [3.05, 3.63) is 42.2 Å². The largest absolute Gasteiger partial charge is 0.493 e. The maximum Gasteiger partial charge on any atom is 0.245 e. The van der Waals surface area contributed by atoms with Gasteiger partial charge in [-0.15, -0.1) is 0 Å². The van der Waals surface area contributed by atoms with Crippen LogP contribution < -0.4 is 20.5 Å². The summed E-state index contributed by atoms with van der Waals surface area (Å²) in [7, 11) is 3.12. The highest BCUT2D eigenvalue weighted by atomic mass is 16.5. The molecule has 30 heavy (non-hydrogen) atoms. The second-order valence-corrected chi connectivity index (χ2v) is 7.08. The molecule has 2 aromatic heterocycles. The first-order valence-corrected chi connectivity index (χ1v) is 9.73. The fraction of sp³-hybridized carbons (Fsp3) is 0.333. The van der Waals surface area contributed by atoms with Crippen molar-refractivity contribution in [2.24, 2.45) is 0 Å². The Hall–Kier alpha value is -3.62. The third kappa shape index (κ3) is 3.91. The highest BCUT2D eigenvalue weighted by molar-refractivity contribution is 5.92. The summed E-state index contributed by atoms with van der Waals surface area (Å²) < 4.78 is 10.7. The minimum atomic E-state index is -0.417. The van der Waals surface area contributed by atoms with Gasteiger partial charge in [0, 0.05) is 24.2 Å². The van der Waals surface area contributed by atoms with E-state index >= 15 is 0 Å². The van der Waals surface area contributed by atoms with Crippen LogP contribution in [0.1, 0.15) is 18.5 Å². The van der Waals surface area contributed by atoms with Gasteiger partial charge in [0.1, 0.15) is 11.9 Å². The molecule has 1 aliphatic rings. The highest BCUT2D eigenvalue weighted by Crippen LogP contribution is 2.33. The number of anilines is 2. The zero-order valence-corrected chi connectivity index (χ0v) is 17.0. The molecule has 1 saturated heterocycles. The number of nitrogen functional groups attached to an aromatic ring is 1. The molecule has 156 valence electrons. The predicted octanol–water partition coefficient (Wildman–Crippen LogP) is 2.23. The average molecular weight is 408 g/mol. The zero-order chi connectivity index (χ0) is 21.1. The first-order valence-electron chi connectivity index (χ1n) is 9.73. The van der Waals surface area contributed by atoms with Crippen LogP contribution in [0.15, 0.2) is 36.5 Å². The van der Waals surface area contributed by atoms with Crippen LogP contribution in [0.4, 0.5) is 11.8 Å². The molecule has 3 aromatic rings. The van der Waals surface area contributed by atoms with Crippen molar-refractivity contribution >= 4 is 28.6 Å². The van der Waals surface area contributed by atoms with Crippen molar-refractivity contribution in [1.82, 2.24) is 19.9 Å². The van der Waals surface area contributed by atoms with E-state index in [-0.39, 0.29) is 5.91 Å². The Morgan fingerprint density at radius 2 is 2.00 bits per heavy atom. The van der Waals surface area contributed by atoms with E-state index in [4.69, 9.17) is 15.2 Å². The lowest BCUT2D eigenvalue weighted by Gasteiger charge is -2.32. The van der Waals surface area contributed by atoms with Crippen molar-refractivity contribution in [1.29, 1.82) is 0 Å². The van der Waals surface area contributed by atoms with Crippen molar-refractivity contribution in [2.45, 2.75) is 25.4 Å². The van der Waals surface area contributed by atoms with Crippen LogP contribution in [0.25, 0.3) is 10.9 Å². The first-order chi connectivity index (χ1) is 14.6. The topological polar surface area (TPSA) is 115 Å². The van der Waals surface area contributed by atoms with Crippen molar-refractivity contribution in [3.8, 4) is 11.5 Å². The number of nitrogens with zero attached hydrogens (tertiary/aromatic N) is 4. The molecular weight excluding hydrogens is 384 g/mol. The number of ether oxygens (including phenoxy) is 2. The first kappa shape index (κ1) is 19.7. The molecule has 4 rings (SSSR count). The van der Waals surface area contributed by atoms with Crippen LogP contribution in [-0.4, -0.2) is 52.6 Å². The lowest BCUT2D eigenvalue weighted by atomic mass is 10.0. The van der Waals surface area contributed by atoms with Crippen LogP contribution in [-0.2, 0) is 11.3 Å². The molecule has 1 aliphatic heterocycles. The standard InChI is InChI=1S/C21H24N6O3/c1-29-17-10-14-16(11-18(17)30-2)25-21(26-19(14)22)24-15-7-5-9-27(20(15)28)12-13-6-3-4-8-23-13/h3-4,6,8,10-11,15H,5,7,9,12H2,1-2H3,(H3,22,24,25,26). The fourth-order valence-electron chi connectivity index (χ4n) is 3.62. The summed E-state index contributed by atoms with van der Waals surface area (Å²) in [5.74, 6) is 1.71. The quantitative estimate of drug-likeness (QED) is 0.638. The number of likely N-dealkylation sites (tertiary alicyclic amines) is 1. The van der Waals surface area contributed by atoms with Gasteiger partial charge in [-0.25, -0.2) is 4.98 Å². The van der Waals surface area contributed by atoms with Crippen molar-refractivity contribution in [3.63, 3.8) is 0 Å². The third-order valence-corrected chi connectivity index (χ3v) is 5.14. The number of piperidine rings is 1. The summed E-state index contributed by atoms with van der Waals surface area (Å²) in [6, 6.07) is 8.76. The number of carbonyl (C=O) groups is 1. The second kappa shape index (κ2) is 8.40. The lowest BCUT2D eigenvalue weighted by Crippen LogP contribution is -2.47. The Balaban J connectivity index is 1.56. The molecule has 0 radical (unpaired) electrons. The Labute approximate surface area is 174 Å². The molecule has 1 aromatic carbocycles. The van der Waals surface area contributed by atoms with Crippen molar-refractivity contribution in [2.75, 3.05) is 31.8 Å². The van der Waals surface area contributed by atoms with E-state index in [2.05, 4.69) is 20.3 Å². The van der Waals surface area contributed by atoms with Gasteiger partial charge in [0.15, 0.2) is 11.5 Å². The molecule has 1 unspecified atom stereocenters. The number of carbonyl (C=O) groups excluding carboxylic acids is 1. The van der Waals surface area contributed by atoms with Gasteiger partial charge in [0.2, 0.25) is 11.9 Å². The summed E-state index contributed by atoms with van der Waals surface area (Å²) in [5, 5.41) is 3.82. The number of nitrogens with one attached hydrogen (secondary N) is 1. The number of nitrogens with two attached hydrogens (primary N) is 1. The number of rotatable bonds is 6. The molecule has 0 bridgehead atoms. The number of pyridine rings is 1. The molecule has 0 aliphatic carbocycles. The zero-order valence-electron chi connectivity index (χ0n) is 17.0. The minimum absolute atomic E-state index is 0.00137. The Bertz CT molecular complexity index is 1060. The van der Waals surface area contributed by atoms with E-state index < -0.39 is 6.04 Å². The van der Waals surface area contributed by atoms with Crippen LogP contribution in [0.3, 0.4) is 0 Å². The number of methoxy groups -OCH3 is 2. The molecule has 1 atom stereocenters. The maximum atomic E-state index is 13.0. The number of aromatic nitrogens is 3. The molecule has 1 amide bonds. The molecule has 3 heterocycles. The van der Waals surface area contributed by atoms with Crippen molar-refractivity contribution < 1.29 is 14.3 Å². The van der Waals surface area contributed by atoms with Gasteiger partial charge in [-0.05, 0) is 31.0 Å².